The molecule has 324 valence electrons. The lowest BCUT2D eigenvalue weighted by atomic mass is 9.71. The molecule has 8 unspecified atom stereocenters. The van der Waals surface area contributed by atoms with E-state index in [-0.39, 0.29) is 41.8 Å². The number of likely N-dealkylation sites (tertiary alicyclic amines) is 2. The molecular formula is C47H60N8O5S. The van der Waals surface area contributed by atoms with Gasteiger partial charge in [-0.15, -0.1) is 11.8 Å². The number of methoxy groups -OCH3 is 2. The smallest absolute Gasteiger partial charge is 0.407 e. The molecule has 0 radical (unpaired) electrons. The highest BCUT2D eigenvalue weighted by atomic mass is 32.2. The molecule has 0 bridgehead atoms. The summed E-state index contributed by atoms with van der Waals surface area (Å²) in [7, 11) is 2.95. The van der Waals surface area contributed by atoms with Crippen molar-refractivity contribution in [2.24, 2.45) is 29.6 Å². The molecule has 3 aliphatic heterocycles. The van der Waals surface area contributed by atoms with E-state index in [9.17, 15) is 14.4 Å². The van der Waals surface area contributed by atoms with E-state index in [1.807, 2.05) is 41.6 Å². The van der Waals surface area contributed by atoms with Crippen molar-refractivity contribution >= 4 is 45.6 Å². The summed E-state index contributed by atoms with van der Waals surface area (Å²) in [5.74, 6) is 3.70. The van der Waals surface area contributed by atoms with Gasteiger partial charge in [-0.2, -0.15) is 0 Å². The van der Waals surface area contributed by atoms with Crippen LogP contribution in [0.25, 0.3) is 27.2 Å². The van der Waals surface area contributed by atoms with Gasteiger partial charge in [0.15, 0.2) is 0 Å². The van der Waals surface area contributed by atoms with Gasteiger partial charge in [0.25, 0.3) is 0 Å². The Kier molecular flexibility index (Phi) is 11.8. The van der Waals surface area contributed by atoms with Gasteiger partial charge in [-0.1, -0.05) is 63.6 Å². The molecule has 2 aromatic carbocycles. The number of alkyl carbamates (subject to hydrolysis) is 1. The Labute approximate surface area is 362 Å². The largest absolute Gasteiger partial charge is 0.453 e. The quantitative estimate of drug-likeness (QED) is 0.0976. The maximum atomic E-state index is 13.8. The number of nitrogens with one attached hydrogen (secondary N) is 4. The van der Waals surface area contributed by atoms with Crippen LogP contribution in [0.2, 0.25) is 0 Å². The molecule has 61 heavy (non-hydrogen) atoms. The second kappa shape index (κ2) is 17.2. The molecule has 4 fully saturated rings. The molecule has 5 aliphatic rings. The average molecular weight is 849 g/mol. The maximum Gasteiger partial charge on any atom is 0.407 e. The Morgan fingerprint density at radius 1 is 0.852 bits per heavy atom. The van der Waals surface area contributed by atoms with Crippen LogP contribution >= 0.6 is 11.8 Å². The molecule has 14 heteroatoms. The van der Waals surface area contributed by atoms with Gasteiger partial charge in [-0.3, -0.25) is 14.9 Å². The number of carbonyl (C=O) groups excluding carboxylic acids is 3. The maximum absolute atomic E-state index is 13.8. The number of fused-ring (bicyclic) bond motifs is 4. The van der Waals surface area contributed by atoms with E-state index in [0.717, 1.165) is 78.0 Å². The molecule has 2 saturated carbocycles. The number of aromatic nitrogens is 4. The van der Waals surface area contributed by atoms with E-state index in [4.69, 9.17) is 19.4 Å². The number of nitrogens with zero attached hydrogens (tertiary/aromatic N) is 4. The van der Waals surface area contributed by atoms with Gasteiger partial charge >= 0.3 is 6.09 Å². The number of benzene rings is 2. The van der Waals surface area contributed by atoms with Crippen molar-refractivity contribution < 1.29 is 23.9 Å². The van der Waals surface area contributed by atoms with Crippen LogP contribution < -0.4 is 10.6 Å². The molecule has 4 aromatic rings. The number of rotatable bonds is 13. The minimum Gasteiger partial charge on any atom is -0.453 e. The van der Waals surface area contributed by atoms with Gasteiger partial charge < -0.3 is 34.6 Å². The van der Waals surface area contributed by atoms with Crippen LogP contribution in [0.5, 0.6) is 0 Å². The van der Waals surface area contributed by atoms with Gasteiger partial charge in [0.2, 0.25) is 11.8 Å². The van der Waals surface area contributed by atoms with E-state index < -0.39 is 12.1 Å². The summed E-state index contributed by atoms with van der Waals surface area (Å²) in [5.41, 5.74) is 8.12. The number of thioether (sulfide) groups is 1. The van der Waals surface area contributed by atoms with Gasteiger partial charge in [-0.25, -0.2) is 14.8 Å². The molecule has 2 aromatic heterocycles. The summed E-state index contributed by atoms with van der Waals surface area (Å²) in [4.78, 5) is 61.9. The Bertz CT molecular complexity index is 2300. The number of H-pyrrole nitrogens is 2. The summed E-state index contributed by atoms with van der Waals surface area (Å²) in [6.45, 7) is 9.67. The van der Waals surface area contributed by atoms with Gasteiger partial charge in [0.05, 0.1) is 54.9 Å². The number of aromatic amines is 2. The lowest BCUT2D eigenvalue weighted by Gasteiger charge is -2.36. The van der Waals surface area contributed by atoms with Crippen molar-refractivity contribution in [3.63, 3.8) is 0 Å². The topological polar surface area (TPSA) is 158 Å². The second-order valence-corrected chi connectivity index (χ2v) is 19.5. The van der Waals surface area contributed by atoms with Gasteiger partial charge in [-0.05, 0) is 97.4 Å². The molecular weight excluding hydrogens is 789 g/mol. The number of hydrogen-bond donors (Lipinski definition) is 4. The second-order valence-electron chi connectivity index (χ2n) is 18.4. The summed E-state index contributed by atoms with van der Waals surface area (Å²) in [5, 5.41) is 6.37. The third kappa shape index (κ3) is 7.77. The zero-order valence-electron chi connectivity index (χ0n) is 36.2. The van der Waals surface area contributed by atoms with Crippen molar-refractivity contribution in [2.75, 3.05) is 34.0 Å². The lowest BCUT2D eigenvalue weighted by molar-refractivity contribution is -0.136. The first-order valence-electron chi connectivity index (χ1n) is 22.3. The molecule has 2 saturated heterocycles. The number of ether oxygens (including phenoxy) is 2. The molecule has 0 spiro atoms. The molecule has 13 nitrogen and oxygen atoms in total. The first-order valence-corrected chi connectivity index (χ1v) is 23.1. The van der Waals surface area contributed by atoms with Crippen LogP contribution in [-0.4, -0.2) is 93.8 Å². The Balaban J connectivity index is 0.920. The van der Waals surface area contributed by atoms with Crippen LogP contribution in [0.15, 0.2) is 54.2 Å². The predicted molar refractivity (Wildman–Crippen MR) is 237 cm³/mol. The zero-order chi connectivity index (χ0) is 42.5. The van der Waals surface area contributed by atoms with E-state index in [0.29, 0.717) is 24.4 Å². The van der Waals surface area contributed by atoms with E-state index in [1.165, 1.54) is 42.4 Å². The Hall–Kier alpha value is -4.66. The normalized spacial score (nSPS) is 25.6. The van der Waals surface area contributed by atoms with Crippen molar-refractivity contribution in [1.82, 2.24) is 40.4 Å². The zero-order valence-corrected chi connectivity index (χ0v) is 37.0. The van der Waals surface area contributed by atoms with E-state index >= 15 is 0 Å². The monoisotopic (exact) mass is 848 g/mol. The minimum atomic E-state index is -0.673. The highest BCUT2D eigenvalue weighted by Crippen LogP contribution is 2.68. The molecule has 5 heterocycles. The SMILES string of the molecule is COCNC(C(=O)N1CCCC1c1ncc(-c2ccc(C3SC(c4ccc5nc(C6CCCN6C(=O)C(NC(=O)OC)C(C)C)[nH]c5c4)=C4CC5CCC5C43)cc2)[nH]1)C(C)C. The summed E-state index contributed by atoms with van der Waals surface area (Å²) in [6.07, 6.45) is 8.62. The van der Waals surface area contributed by atoms with Crippen LogP contribution in [0.3, 0.4) is 0 Å². The van der Waals surface area contributed by atoms with Crippen molar-refractivity contribution in [3.8, 4) is 11.3 Å². The standard InChI is InChI=1S/C47H60N8O5S/c1-25(2)39(49-24-59-5)45(56)54-19-7-9-36(54)43-48-23-35(52-43)27-11-13-28(14-12-27)42-38-31-17-15-29(31)21-32(38)41(61-42)30-16-18-33-34(22-30)51-44(50-33)37-10-8-20-55(37)46(57)40(26(3)4)53-47(58)60-6/h11-14,16,18,22-23,25-26,29,31,36-40,42,49H,7-10,15,17,19-21,24H2,1-6H3,(H,48,52)(H,50,51)(H,53,58). The van der Waals surface area contributed by atoms with Crippen molar-refractivity contribution in [3.05, 3.63) is 77.0 Å². The van der Waals surface area contributed by atoms with E-state index in [1.54, 1.807) is 12.7 Å². The first-order chi connectivity index (χ1) is 29.5. The summed E-state index contributed by atoms with van der Waals surface area (Å²) in [6, 6.07) is 14.4. The minimum absolute atomic E-state index is 0.0739. The van der Waals surface area contributed by atoms with Crippen LogP contribution in [0.4, 0.5) is 4.79 Å². The third-order valence-corrected chi connectivity index (χ3v) is 15.6. The van der Waals surface area contributed by atoms with Crippen molar-refractivity contribution in [1.29, 1.82) is 0 Å². The summed E-state index contributed by atoms with van der Waals surface area (Å²) < 4.78 is 10.1. The fraction of sp³-hybridized carbons (Fsp3) is 0.553. The highest BCUT2D eigenvalue weighted by molar-refractivity contribution is 8.08. The third-order valence-electron chi connectivity index (χ3n) is 14.1. The molecule has 4 N–H and O–H groups in total. The van der Waals surface area contributed by atoms with Gasteiger partial charge in [0, 0.05) is 36.3 Å². The molecule has 3 amide bonds. The number of allylic oxidation sites excluding steroid dienone is 1. The van der Waals surface area contributed by atoms with Crippen molar-refractivity contribution in [2.45, 2.75) is 102 Å². The number of hydrogen-bond acceptors (Lipinski definition) is 9. The molecule has 2 aliphatic carbocycles. The highest BCUT2D eigenvalue weighted by Gasteiger charge is 2.53. The molecule has 8 atom stereocenters. The van der Waals surface area contributed by atoms with Crippen LogP contribution in [-0.2, 0) is 19.1 Å². The molecule has 9 rings (SSSR count). The lowest BCUT2D eigenvalue weighted by Crippen LogP contribution is -2.51. The van der Waals surface area contributed by atoms with Crippen LogP contribution in [0, 0.1) is 29.6 Å². The van der Waals surface area contributed by atoms with Gasteiger partial charge in [0.1, 0.15) is 17.7 Å². The van der Waals surface area contributed by atoms with Crippen LogP contribution in [0.1, 0.15) is 113 Å². The Morgan fingerprint density at radius 2 is 1.54 bits per heavy atom. The average Bonchev–Trinajstić information content (AvgIpc) is 4.11. The Morgan fingerprint density at radius 3 is 2.20 bits per heavy atom. The summed E-state index contributed by atoms with van der Waals surface area (Å²) >= 11 is 2.02. The fourth-order valence-electron chi connectivity index (χ4n) is 10.8. The van der Waals surface area contributed by atoms with E-state index in [2.05, 4.69) is 76.9 Å². The fourth-order valence-corrected chi connectivity index (χ4v) is 12.4. The number of imidazole rings is 2. The first kappa shape index (κ1) is 41.7. The predicted octanol–water partition coefficient (Wildman–Crippen LogP) is 8.12. The number of amides is 3. The number of carbonyl (C=O) groups is 3.